The van der Waals surface area contributed by atoms with Gasteiger partial charge in [-0.3, -0.25) is 4.79 Å². The monoisotopic (exact) mass is 705 g/mol. The molecule has 0 bridgehead atoms. The molecular formula is C27H27F3N3O10PS2. The van der Waals surface area contributed by atoms with Crippen LogP contribution in [-0.2, 0) is 19.1 Å². The number of sulfonamides is 1. The Morgan fingerprint density at radius 2 is 1.65 bits per heavy atom. The van der Waals surface area contributed by atoms with Gasteiger partial charge in [0.2, 0.25) is 0 Å². The van der Waals surface area contributed by atoms with Crippen molar-refractivity contribution in [2.45, 2.75) is 10.6 Å². The smallest absolute Gasteiger partial charge is 0.504 e. The van der Waals surface area contributed by atoms with E-state index in [1.165, 1.54) is 48.5 Å². The van der Waals surface area contributed by atoms with Gasteiger partial charge >= 0.3 is 14.0 Å². The van der Waals surface area contributed by atoms with Crippen molar-refractivity contribution in [2.24, 2.45) is 5.73 Å². The number of carbonyl (C=O) groups excluding carboxylic acids is 1. The van der Waals surface area contributed by atoms with Crippen molar-refractivity contribution in [3.8, 4) is 28.7 Å². The summed E-state index contributed by atoms with van der Waals surface area (Å²) in [6.07, 6.45) is -6.71. The van der Waals surface area contributed by atoms with Crippen LogP contribution in [0.5, 0.6) is 28.7 Å². The van der Waals surface area contributed by atoms with Crippen LogP contribution in [0, 0.1) is 0 Å². The molecule has 0 fully saturated rings. The SMILES string of the molecule is NCCOc1cc2cc(S(=O)(=O)NCP(=O)(Oc3ccccc3)OC(F)(F)F)sc2cc1OCCNC(=O)c1ccc(O)c(O)c1. The third-order valence-electron chi connectivity index (χ3n) is 5.76. The van der Waals surface area contributed by atoms with Crippen molar-refractivity contribution < 1.29 is 59.7 Å². The van der Waals surface area contributed by atoms with E-state index < -0.39 is 41.9 Å². The number of para-hydroxylation sites is 1. The maximum Gasteiger partial charge on any atom is 0.530 e. The fourth-order valence-corrected chi connectivity index (χ4v) is 8.11. The number of fused-ring (bicyclic) bond motifs is 1. The lowest BCUT2D eigenvalue weighted by molar-refractivity contribution is -0.277. The minimum absolute atomic E-state index is 0.00787. The predicted molar refractivity (Wildman–Crippen MR) is 161 cm³/mol. The summed E-state index contributed by atoms with van der Waals surface area (Å²) in [5.41, 5.74) is 5.63. The number of phenolic OH excluding ortho intramolecular Hbond substituents is 2. The highest BCUT2D eigenvalue weighted by Gasteiger charge is 2.43. The Labute approximate surface area is 264 Å². The molecule has 19 heteroatoms. The molecule has 0 aliphatic carbocycles. The number of amides is 1. The van der Waals surface area contributed by atoms with Crippen molar-refractivity contribution in [3.63, 3.8) is 0 Å². The van der Waals surface area contributed by atoms with E-state index in [1.54, 1.807) is 6.07 Å². The summed E-state index contributed by atoms with van der Waals surface area (Å²) in [6.45, 7) is 0.170. The quantitative estimate of drug-likeness (QED) is 0.0664. The number of hydrogen-bond donors (Lipinski definition) is 5. The number of rotatable bonds is 15. The molecule has 0 aliphatic heterocycles. The van der Waals surface area contributed by atoms with Crippen LogP contribution in [0.15, 0.2) is 70.9 Å². The summed E-state index contributed by atoms with van der Waals surface area (Å²) in [4.78, 5) is 12.3. The fraction of sp³-hybridized carbons (Fsp3) is 0.222. The zero-order valence-corrected chi connectivity index (χ0v) is 26.0. The molecule has 1 unspecified atom stereocenters. The highest BCUT2D eigenvalue weighted by Crippen LogP contribution is 2.52. The summed E-state index contributed by atoms with van der Waals surface area (Å²) >= 11 is 0.744. The normalized spacial score (nSPS) is 13.2. The van der Waals surface area contributed by atoms with Gasteiger partial charge in [0.25, 0.3) is 15.9 Å². The van der Waals surface area contributed by atoms with Gasteiger partial charge in [-0.25, -0.2) is 17.5 Å². The highest BCUT2D eigenvalue weighted by molar-refractivity contribution is 7.92. The van der Waals surface area contributed by atoms with Crippen LogP contribution in [0.1, 0.15) is 10.4 Å². The van der Waals surface area contributed by atoms with Gasteiger partial charge in [-0.1, -0.05) is 18.2 Å². The third kappa shape index (κ3) is 9.48. The molecule has 0 radical (unpaired) electrons. The van der Waals surface area contributed by atoms with Gasteiger partial charge in [0.1, 0.15) is 29.5 Å². The molecule has 6 N–H and O–H groups in total. The lowest BCUT2D eigenvalue weighted by Gasteiger charge is -2.20. The van der Waals surface area contributed by atoms with E-state index in [-0.39, 0.29) is 59.1 Å². The molecule has 3 aromatic carbocycles. The molecule has 1 heterocycles. The minimum Gasteiger partial charge on any atom is -0.504 e. The fourth-order valence-electron chi connectivity index (χ4n) is 3.76. The Morgan fingerprint density at radius 1 is 0.957 bits per heavy atom. The average molecular weight is 706 g/mol. The number of hydrogen-bond acceptors (Lipinski definition) is 12. The number of carbonyl (C=O) groups is 1. The molecule has 4 aromatic rings. The maximum atomic E-state index is 13.1. The second kappa shape index (κ2) is 14.6. The largest absolute Gasteiger partial charge is 0.530 e. The minimum atomic E-state index is -5.39. The molecule has 13 nitrogen and oxygen atoms in total. The van der Waals surface area contributed by atoms with Crippen LogP contribution >= 0.6 is 18.9 Å². The molecular weight excluding hydrogens is 678 g/mol. The van der Waals surface area contributed by atoms with Crippen LogP contribution < -0.4 is 29.8 Å². The van der Waals surface area contributed by atoms with Crippen LogP contribution in [0.25, 0.3) is 10.1 Å². The van der Waals surface area contributed by atoms with Gasteiger partial charge < -0.3 is 35.3 Å². The zero-order valence-electron chi connectivity index (χ0n) is 23.5. The Hall–Kier alpha value is -4.06. The van der Waals surface area contributed by atoms with Gasteiger partial charge in [-0.2, -0.15) is 4.72 Å². The van der Waals surface area contributed by atoms with Crippen molar-refractivity contribution in [1.29, 1.82) is 0 Å². The molecule has 0 saturated heterocycles. The van der Waals surface area contributed by atoms with E-state index in [2.05, 4.69) is 9.84 Å². The van der Waals surface area contributed by atoms with Crippen molar-refractivity contribution in [3.05, 3.63) is 72.3 Å². The van der Waals surface area contributed by atoms with Crippen LogP contribution in [0.3, 0.4) is 0 Å². The van der Waals surface area contributed by atoms with Crippen LogP contribution in [0.2, 0.25) is 0 Å². The first-order chi connectivity index (χ1) is 21.7. The topological polar surface area (TPSA) is 196 Å². The molecule has 248 valence electrons. The molecule has 1 atom stereocenters. The molecule has 46 heavy (non-hydrogen) atoms. The number of aromatic hydroxyl groups is 2. The van der Waals surface area contributed by atoms with Gasteiger partial charge in [0, 0.05) is 22.9 Å². The number of ether oxygens (including phenoxy) is 2. The lowest BCUT2D eigenvalue weighted by Crippen LogP contribution is -2.28. The van der Waals surface area contributed by atoms with Crippen molar-refractivity contribution >= 4 is 44.9 Å². The van der Waals surface area contributed by atoms with Crippen molar-refractivity contribution in [2.75, 3.05) is 32.6 Å². The number of halogens is 3. The molecule has 1 amide bonds. The summed E-state index contributed by atoms with van der Waals surface area (Å²) in [5.74, 6) is -1.25. The number of alkyl halides is 3. The number of phenols is 2. The van der Waals surface area contributed by atoms with E-state index in [9.17, 15) is 41.2 Å². The third-order valence-corrected chi connectivity index (χ3v) is 10.5. The Kier molecular flexibility index (Phi) is 11.0. The summed E-state index contributed by atoms with van der Waals surface area (Å²) < 4.78 is 100. The van der Waals surface area contributed by atoms with E-state index in [1.807, 2.05) is 4.72 Å². The van der Waals surface area contributed by atoms with Gasteiger partial charge in [0.05, 0.1) is 6.54 Å². The molecule has 0 spiro atoms. The number of benzene rings is 3. The molecule has 4 rings (SSSR count). The summed E-state index contributed by atoms with van der Waals surface area (Å²) in [5, 5.41) is 21.9. The summed E-state index contributed by atoms with van der Waals surface area (Å²) in [6, 6.07) is 14.6. The first-order valence-electron chi connectivity index (χ1n) is 13.1. The van der Waals surface area contributed by atoms with E-state index in [0.717, 1.165) is 23.5 Å². The Bertz CT molecular complexity index is 1840. The number of thiophene rings is 1. The zero-order chi connectivity index (χ0) is 33.5. The number of nitrogens with two attached hydrogens (primary N) is 1. The molecule has 0 aliphatic rings. The first kappa shape index (κ1) is 34.8. The Morgan fingerprint density at radius 3 is 2.33 bits per heavy atom. The second-order valence-electron chi connectivity index (χ2n) is 9.21. The second-order valence-corrected chi connectivity index (χ2v) is 14.2. The predicted octanol–water partition coefficient (Wildman–Crippen LogP) is 4.50. The van der Waals surface area contributed by atoms with Gasteiger partial charge in [-0.05, 0) is 47.9 Å². The standard InChI is InChI=1S/C27H27F3N3O10PS2/c28-27(29,30)43-44(37,42-19-4-2-1-3-5-19)16-33-46(38,39)25-14-18-13-22(40-10-8-31)23(15-24(18)45-25)41-11-9-32-26(36)17-6-7-20(34)21(35)12-17/h1-7,12-15,33-35H,8-11,16,31H2,(H,32,36). The molecule has 0 saturated carbocycles. The average Bonchev–Trinajstić information content (AvgIpc) is 3.42. The van der Waals surface area contributed by atoms with Gasteiger partial charge in [-0.15, -0.1) is 24.5 Å². The van der Waals surface area contributed by atoms with E-state index in [0.29, 0.717) is 10.1 Å². The Balaban J connectivity index is 1.48. The highest BCUT2D eigenvalue weighted by atomic mass is 32.2. The van der Waals surface area contributed by atoms with Crippen LogP contribution in [0.4, 0.5) is 13.2 Å². The van der Waals surface area contributed by atoms with Gasteiger partial charge in [0.15, 0.2) is 23.0 Å². The van der Waals surface area contributed by atoms with Crippen molar-refractivity contribution in [1.82, 2.24) is 10.0 Å². The first-order valence-corrected chi connectivity index (χ1v) is 17.1. The van der Waals surface area contributed by atoms with Crippen LogP contribution in [-0.4, -0.2) is 63.5 Å². The summed E-state index contributed by atoms with van der Waals surface area (Å²) in [7, 11) is -9.63. The van der Waals surface area contributed by atoms with E-state index >= 15 is 0 Å². The lowest BCUT2D eigenvalue weighted by atomic mass is 10.2. The molecule has 1 aromatic heterocycles. The van der Waals surface area contributed by atoms with E-state index in [4.69, 9.17) is 19.7 Å². The number of nitrogens with one attached hydrogen (secondary N) is 2. The maximum absolute atomic E-state index is 13.1.